The summed E-state index contributed by atoms with van der Waals surface area (Å²) in [6.45, 7) is 0.599. The molecule has 0 spiro atoms. The van der Waals surface area contributed by atoms with Crippen LogP contribution in [0.3, 0.4) is 0 Å². The van der Waals surface area contributed by atoms with Crippen molar-refractivity contribution >= 4 is 56.2 Å². The first-order valence-corrected chi connectivity index (χ1v) is 7.10. The highest BCUT2D eigenvalue weighted by atomic mass is 79.9. The lowest BCUT2D eigenvalue weighted by molar-refractivity contribution is 0.627. The number of thiophene rings is 1. The van der Waals surface area contributed by atoms with E-state index in [0.29, 0.717) is 21.7 Å². The van der Waals surface area contributed by atoms with Crippen LogP contribution in [0.1, 0.15) is 4.88 Å². The van der Waals surface area contributed by atoms with Crippen LogP contribution < -0.4 is 5.32 Å². The van der Waals surface area contributed by atoms with E-state index in [-0.39, 0.29) is 5.82 Å². The molecule has 0 amide bonds. The summed E-state index contributed by atoms with van der Waals surface area (Å²) in [5.74, 6) is -0.369. The molecule has 0 atom stereocenters. The molecule has 2 aromatic rings. The molecule has 0 saturated carbocycles. The summed E-state index contributed by atoms with van der Waals surface area (Å²) in [5, 5.41) is 6.07. The van der Waals surface area contributed by atoms with E-state index in [9.17, 15) is 4.39 Å². The van der Waals surface area contributed by atoms with Crippen molar-refractivity contribution in [2.75, 3.05) is 5.32 Å². The third-order valence-electron chi connectivity index (χ3n) is 2.07. The Morgan fingerprint density at radius 3 is 2.65 bits per heavy atom. The van der Waals surface area contributed by atoms with E-state index in [2.05, 4.69) is 21.2 Å². The monoisotopic (exact) mass is 353 g/mol. The van der Waals surface area contributed by atoms with Crippen molar-refractivity contribution in [1.82, 2.24) is 0 Å². The minimum atomic E-state index is -0.369. The Bertz CT molecular complexity index is 521. The van der Waals surface area contributed by atoms with Crippen LogP contribution in [-0.2, 0) is 6.54 Å². The predicted molar refractivity (Wildman–Crippen MR) is 75.8 cm³/mol. The van der Waals surface area contributed by atoms with Gasteiger partial charge < -0.3 is 5.32 Å². The second kappa shape index (κ2) is 5.57. The largest absolute Gasteiger partial charge is 0.378 e. The van der Waals surface area contributed by atoms with Crippen molar-refractivity contribution in [3.63, 3.8) is 0 Å². The van der Waals surface area contributed by atoms with Gasteiger partial charge >= 0.3 is 0 Å². The molecular weight excluding hydrogens is 348 g/mol. The maximum Gasteiger partial charge on any atom is 0.125 e. The number of halogens is 4. The van der Waals surface area contributed by atoms with Crippen LogP contribution in [0.25, 0.3) is 0 Å². The smallest absolute Gasteiger partial charge is 0.125 e. The highest BCUT2D eigenvalue weighted by molar-refractivity contribution is 9.10. The van der Waals surface area contributed by atoms with Gasteiger partial charge in [0, 0.05) is 21.3 Å². The first-order valence-electron chi connectivity index (χ1n) is 4.67. The summed E-state index contributed by atoms with van der Waals surface area (Å²) < 4.78 is 13.6. The van der Waals surface area contributed by atoms with Gasteiger partial charge in [-0.2, -0.15) is 0 Å². The lowest BCUT2D eigenvalue weighted by Crippen LogP contribution is -1.99. The van der Waals surface area contributed by atoms with Crippen LogP contribution in [0.2, 0.25) is 10.0 Å². The average Bonchev–Trinajstić information content (AvgIpc) is 2.62. The van der Waals surface area contributed by atoms with Gasteiger partial charge in [0.15, 0.2) is 0 Å². The zero-order valence-electron chi connectivity index (χ0n) is 8.44. The fraction of sp³-hybridized carbons (Fsp3) is 0.0909. The van der Waals surface area contributed by atoms with Crippen LogP contribution in [0.15, 0.2) is 28.1 Å². The Kier molecular flexibility index (Phi) is 4.31. The van der Waals surface area contributed by atoms with Crippen molar-refractivity contribution in [3.8, 4) is 0 Å². The lowest BCUT2D eigenvalue weighted by atomic mass is 10.3. The quantitative estimate of drug-likeness (QED) is 0.759. The minimum absolute atomic E-state index is 0.347. The predicted octanol–water partition coefficient (Wildman–Crippen LogP) is 5.57. The molecule has 0 radical (unpaired) electrons. The third-order valence-corrected chi connectivity index (χ3v) is 4.28. The minimum Gasteiger partial charge on any atom is -0.378 e. The summed E-state index contributed by atoms with van der Waals surface area (Å²) in [5.41, 5.74) is 0.678. The molecule has 90 valence electrons. The summed E-state index contributed by atoms with van der Waals surface area (Å²) in [7, 11) is 0. The highest BCUT2D eigenvalue weighted by Crippen LogP contribution is 2.32. The van der Waals surface area contributed by atoms with E-state index in [0.717, 1.165) is 9.90 Å². The molecule has 0 aliphatic carbocycles. The number of rotatable bonds is 3. The molecule has 0 saturated heterocycles. The van der Waals surface area contributed by atoms with E-state index >= 15 is 0 Å². The number of hydrogen-bond donors (Lipinski definition) is 1. The molecule has 1 nitrogen and oxygen atoms in total. The average molecular weight is 355 g/mol. The number of nitrogens with one attached hydrogen (secondary N) is 1. The second-order valence-electron chi connectivity index (χ2n) is 3.33. The van der Waals surface area contributed by atoms with Gasteiger partial charge in [0.2, 0.25) is 0 Å². The van der Waals surface area contributed by atoms with Crippen LogP contribution in [0.5, 0.6) is 0 Å². The maximum absolute atomic E-state index is 13.0. The summed E-state index contributed by atoms with van der Waals surface area (Å²) in [4.78, 5) is 1.09. The summed E-state index contributed by atoms with van der Waals surface area (Å²) >= 11 is 16.6. The van der Waals surface area contributed by atoms with Gasteiger partial charge in [0.25, 0.3) is 0 Å². The number of hydrogen-bond acceptors (Lipinski definition) is 2. The molecule has 0 aliphatic rings. The molecule has 0 unspecified atom stereocenters. The van der Waals surface area contributed by atoms with Crippen LogP contribution in [0, 0.1) is 5.82 Å². The molecule has 6 heteroatoms. The Labute approximate surface area is 121 Å². The number of benzene rings is 1. The standard InChI is InChI=1S/C11H7BrCl2FNS/c12-9-2-7(15)3-10(14)11(9)16-4-8-1-6(13)5-17-8/h1-3,5,16H,4H2. The van der Waals surface area contributed by atoms with Crippen LogP contribution in [-0.4, -0.2) is 0 Å². The van der Waals surface area contributed by atoms with Crippen molar-refractivity contribution in [3.05, 3.63) is 48.8 Å². The first kappa shape index (κ1) is 13.1. The molecule has 0 bridgehead atoms. The lowest BCUT2D eigenvalue weighted by Gasteiger charge is -2.09. The third kappa shape index (κ3) is 3.35. The van der Waals surface area contributed by atoms with Crippen molar-refractivity contribution in [2.45, 2.75) is 6.54 Å². The van der Waals surface area contributed by atoms with Gasteiger partial charge in [-0.05, 0) is 34.1 Å². The molecular formula is C11H7BrCl2FNS. The van der Waals surface area contributed by atoms with Crippen LogP contribution in [0.4, 0.5) is 10.1 Å². The first-order chi connectivity index (χ1) is 8.06. The van der Waals surface area contributed by atoms with Gasteiger partial charge in [0.05, 0.1) is 15.7 Å². The molecule has 1 aromatic carbocycles. The topological polar surface area (TPSA) is 12.0 Å². The Balaban J connectivity index is 2.14. The molecule has 17 heavy (non-hydrogen) atoms. The molecule has 0 fully saturated rings. The van der Waals surface area contributed by atoms with E-state index in [1.807, 2.05) is 11.4 Å². The molecule has 1 heterocycles. The fourth-order valence-electron chi connectivity index (χ4n) is 1.33. The normalized spacial score (nSPS) is 10.6. The Morgan fingerprint density at radius 2 is 2.06 bits per heavy atom. The van der Waals surface area contributed by atoms with Gasteiger partial charge in [-0.3, -0.25) is 0 Å². The molecule has 0 aliphatic heterocycles. The second-order valence-corrected chi connectivity index (χ2v) is 6.02. The summed E-state index contributed by atoms with van der Waals surface area (Å²) in [6, 6.07) is 4.52. The van der Waals surface area contributed by atoms with E-state index in [1.54, 1.807) is 11.3 Å². The van der Waals surface area contributed by atoms with Crippen molar-refractivity contribution < 1.29 is 4.39 Å². The fourth-order valence-corrected chi connectivity index (χ4v) is 3.31. The van der Waals surface area contributed by atoms with Crippen molar-refractivity contribution in [2.24, 2.45) is 0 Å². The van der Waals surface area contributed by atoms with Gasteiger partial charge in [-0.25, -0.2) is 4.39 Å². The van der Waals surface area contributed by atoms with E-state index < -0.39 is 0 Å². The summed E-state index contributed by atoms with van der Waals surface area (Å²) in [6.07, 6.45) is 0. The molecule has 1 aromatic heterocycles. The maximum atomic E-state index is 13.0. The van der Waals surface area contributed by atoms with Gasteiger partial charge in [-0.15, -0.1) is 11.3 Å². The highest BCUT2D eigenvalue weighted by Gasteiger charge is 2.08. The molecule has 1 N–H and O–H groups in total. The van der Waals surface area contributed by atoms with E-state index in [1.165, 1.54) is 12.1 Å². The number of anilines is 1. The Hall–Kier alpha value is -0.290. The van der Waals surface area contributed by atoms with Crippen LogP contribution >= 0.6 is 50.5 Å². The molecule has 2 rings (SSSR count). The van der Waals surface area contributed by atoms with E-state index in [4.69, 9.17) is 23.2 Å². The zero-order valence-corrected chi connectivity index (χ0v) is 12.4. The Morgan fingerprint density at radius 1 is 1.29 bits per heavy atom. The zero-order chi connectivity index (χ0) is 12.4. The SMILES string of the molecule is Fc1cc(Cl)c(NCc2cc(Cl)cs2)c(Br)c1. The van der Waals surface area contributed by atoms with Gasteiger partial charge in [-0.1, -0.05) is 23.2 Å². The van der Waals surface area contributed by atoms with Crippen molar-refractivity contribution in [1.29, 1.82) is 0 Å². The van der Waals surface area contributed by atoms with Gasteiger partial charge in [0.1, 0.15) is 5.82 Å².